The van der Waals surface area contributed by atoms with Crippen molar-refractivity contribution in [1.82, 2.24) is 0 Å². The van der Waals surface area contributed by atoms with E-state index < -0.39 is 0 Å². The molecule has 0 fully saturated rings. The largest absolute Gasteiger partial charge is 0.397 e. The van der Waals surface area contributed by atoms with Crippen molar-refractivity contribution >= 4 is 11.4 Å². The van der Waals surface area contributed by atoms with Gasteiger partial charge in [0.2, 0.25) is 0 Å². The highest BCUT2D eigenvalue weighted by Crippen LogP contribution is 2.22. The van der Waals surface area contributed by atoms with Crippen LogP contribution in [-0.2, 0) is 14.2 Å². The van der Waals surface area contributed by atoms with Crippen molar-refractivity contribution in [2.45, 2.75) is 13.3 Å². The normalized spacial score (nSPS) is 10.8. The van der Waals surface area contributed by atoms with Crippen LogP contribution in [0.4, 0.5) is 11.4 Å². The molecular formula is C16H28N2O3. The topological polar surface area (TPSA) is 57.0 Å². The monoisotopic (exact) mass is 296 g/mol. The molecular weight excluding hydrogens is 268 g/mol. The van der Waals surface area contributed by atoms with Gasteiger partial charge in [0.1, 0.15) is 0 Å². The Morgan fingerprint density at radius 2 is 1.62 bits per heavy atom. The highest BCUT2D eigenvalue weighted by Gasteiger charge is 2.08. The van der Waals surface area contributed by atoms with E-state index in [2.05, 4.69) is 17.9 Å². The first-order chi connectivity index (χ1) is 10.3. The van der Waals surface area contributed by atoms with Gasteiger partial charge in [0, 0.05) is 20.2 Å². The predicted octanol–water partition coefficient (Wildman–Crippen LogP) is 2.16. The van der Waals surface area contributed by atoms with Crippen molar-refractivity contribution < 1.29 is 14.2 Å². The molecule has 120 valence electrons. The molecule has 0 amide bonds. The first-order valence-electron chi connectivity index (χ1n) is 7.53. The van der Waals surface area contributed by atoms with Crippen LogP contribution in [0.3, 0.4) is 0 Å². The van der Waals surface area contributed by atoms with Crippen molar-refractivity contribution in [2.24, 2.45) is 0 Å². The number of nitrogen functional groups attached to an aromatic ring is 1. The summed E-state index contributed by atoms with van der Waals surface area (Å²) in [7, 11) is 1.66. The first-order valence-corrected chi connectivity index (χ1v) is 7.53. The van der Waals surface area contributed by atoms with Crippen LogP contribution < -0.4 is 10.6 Å². The lowest BCUT2D eigenvalue weighted by molar-refractivity contribution is 0.0264. The number of hydrogen-bond acceptors (Lipinski definition) is 5. The van der Waals surface area contributed by atoms with E-state index in [1.807, 2.05) is 18.2 Å². The van der Waals surface area contributed by atoms with Crippen LogP contribution in [0.15, 0.2) is 24.3 Å². The number of benzene rings is 1. The van der Waals surface area contributed by atoms with Gasteiger partial charge in [-0.1, -0.05) is 19.1 Å². The fourth-order valence-electron chi connectivity index (χ4n) is 2.04. The number of nitrogens with zero attached hydrogens (tertiary/aromatic N) is 1. The van der Waals surface area contributed by atoms with E-state index >= 15 is 0 Å². The van der Waals surface area contributed by atoms with Crippen molar-refractivity contribution in [3.8, 4) is 0 Å². The molecule has 1 aromatic rings. The molecule has 0 aliphatic rings. The Hall–Kier alpha value is -1.30. The molecule has 0 saturated heterocycles. The smallest absolute Gasteiger partial charge is 0.0701 e. The van der Waals surface area contributed by atoms with E-state index in [1.165, 1.54) is 0 Å². The van der Waals surface area contributed by atoms with E-state index in [4.69, 9.17) is 19.9 Å². The molecule has 5 heteroatoms. The second kappa shape index (κ2) is 11.4. The van der Waals surface area contributed by atoms with Crippen molar-refractivity contribution in [3.63, 3.8) is 0 Å². The molecule has 0 atom stereocenters. The van der Waals surface area contributed by atoms with Crippen LogP contribution in [0.25, 0.3) is 0 Å². The molecule has 0 aliphatic carbocycles. The maximum atomic E-state index is 6.04. The molecule has 1 rings (SSSR count). The summed E-state index contributed by atoms with van der Waals surface area (Å²) in [6.45, 7) is 7.08. The lowest BCUT2D eigenvalue weighted by atomic mass is 10.2. The van der Waals surface area contributed by atoms with Gasteiger partial charge >= 0.3 is 0 Å². The molecule has 0 aromatic heterocycles. The quantitative estimate of drug-likeness (QED) is 0.473. The number of para-hydroxylation sites is 2. The fourth-order valence-corrected chi connectivity index (χ4v) is 2.04. The Balaban J connectivity index is 2.25. The van der Waals surface area contributed by atoms with E-state index in [0.29, 0.717) is 33.0 Å². The molecule has 0 heterocycles. The first kappa shape index (κ1) is 17.8. The van der Waals surface area contributed by atoms with Gasteiger partial charge in [0.25, 0.3) is 0 Å². The zero-order valence-electron chi connectivity index (χ0n) is 13.2. The Kier molecular flexibility index (Phi) is 9.61. The molecule has 2 N–H and O–H groups in total. The van der Waals surface area contributed by atoms with Gasteiger partial charge in [-0.3, -0.25) is 0 Å². The summed E-state index contributed by atoms with van der Waals surface area (Å²) >= 11 is 0. The SMILES string of the molecule is CCCN(CCOCCOCCOC)c1ccccc1N. The third kappa shape index (κ3) is 7.32. The minimum atomic E-state index is 0.602. The van der Waals surface area contributed by atoms with Crippen LogP contribution in [0.2, 0.25) is 0 Å². The number of nitrogens with two attached hydrogens (primary N) is 1. The predicted molar refractivity (Wildman–Crippen MR) is 86.9 cm³/mol. The Labute approximate surface area is 128 Å². The summed E-state index contributed by atoms with van der Waals surface area (Å²) in [5.41, 5.74) is 7.93. The average Bonchev–Trinajstić information content (AvgIpc) is 2.49. The van der Waals surface area contributed by atoms with Gasteiger partial charge in [-0.15, -0.1) is 0 Å². The van der Waals surface area contributed by atoms with Gasteiger partial charge in [0.05, 0.1) is 44.4 Å². The second-order valence-electron chi connectivity index (χ2n) is 4.76. The lowest BCUT2D eigenvalue weighted by Gasteiger charge is -2.25. The number of anilines is 2. The Morgan fingerprint density at radius 1 is 0.952 bits per heavy atom. The van der Waals surface area contributed by atoms with Crippen LogP contribution >= 0.6 is 0 Å². The van der Waals surface area contributed by atoms with Gasteiger partial charge in [-0.2, -0.15) is 0 Å². The lowest BCUT2D eigenvalue weighted by Crippen LogP contribution is -2.29. The maximum absolute atomic E-state index is 6.04. The van der Waals surface area contributed by atoms with Gasteiger partial charge in [0.15, 0.2) is 0 Å². The minimum absolute atomic E-state index is 0.602. The summed E-state index contributed by atoms with van der Waals surface area (Å²) in [4.78, 5) is 2.26. The number of rotatable bonds is 12. The Morgan fingerprint density at radius 3 is 2.29 bits per heavy atom. The van der Waals surface area contributed by atoms with Gasteiger partial charge < -0.3 is 24.8 Å². The molecule has 1 aromatic carbocycles. The second-order valence-corrected chi connectivity index (χ2v) is 4.76. The van der Waals surface area contributed by atoms with E-state index in [-0.39, 0.29) is 0 Å². The summed E-state index contributed by atoms with van der Waals surface area (Å²) in [6, 6.07) is 7.96. The molecule has 0 spiro atoms. The van der Waals surface area contributed by atoms with Gasteiger partial charge in [-0.05, 0) is 18.6 Å². The molecule has 5 nitrogen and oxygen atoms in total. The van der Waals surface area contributed by atoms with E-state index in [1.54, 1.807) is 7.11 Å². The van der Waals surface area contributed by atoms with Crippen LogP contribution in [0.1, 0.15) is 13.3 Å². The van der Waals surface area contributed by atoms with Crippen LogP contribution in [-0.4, -0.2) is 53.2 Å². The molecule has 0 saturated carbocycles. The molecule has 21 heavy (non-hydrogen) atoms. The van der Waals surface area contributed by atoms with Crippen LogP contribution in [0.5, 0.6) is 0 Å². The van der Waals surface area contributed by atoms with Crippen molar-refractivity contribution in [3.05, 3.63) is 24.3 Å². The van der Waals surface area contributed by atoms with Gasteiger partial charge in [-0.25, -0.2) is 0 Å². The average molecular weight is 296 g/mol. The molecule has 0 radical (unpaired) electrons. The highest BCUT2D eigenvalue weighted by atomic mass is 16.5. The molecule has 0 aliphatic heterocycles. The standard InChI is InChI=1S/C16H28N2O3/c1-3-8-18(16-7-5-4-6-15(16)17)9-10-20-13-14-21-12-11-19-2/h4-7H,3,8-14,17H2,1-2H3. The zero-order chi connectivity index (χ0) is 15.3. The van der Waals surface area contributed by atoms with E-state index in [9.17, 15) is 0 Å². The summed E-state index contributed by atoms with van der Waals surface area (Å²) in [6.07, 6.45) is 1.08. The molecule has 0 bridgehead atoms. The van der Waals surface area contributed by atoms with Crippen LogP contribution in [0, 0.1) is 0 Å². The zero-order valence-corrected chi connectivity index (χ0v) is 13.2. The summed E-state index contributed by atoms with van der Waals surface area (Å²) < 4.78 is 15.9. The minimum Gasteiger partial charge on any atom is -0.397 e. The highest BCUT2D eigenvalue weighted by molar-refractivity contribution is 5.67. The Bertz CT molecular complexity index is 374. The summed E-state index contributed by atoms with van der Waals surface area (Å²) in [5, 5.41) is 0. The summed E-state index contributed by atoms with van der Waals surface area (Å²) in [5.74, 6) is 0. The number of ether oxygens (including phenoxy) is 3. The fraction of sp³-hybridized carbons (Fsp3) is 0.625. The van der Waals surface area contributed by atoms with E-state index in [0.717, 1.165) is 30.9 Å². The third-order valence-electron chi connectivity index (χ3n) is 3.08. The number of hydrogen-bond donors (Lipinski definition) is 1. The van der Waals surface area contributed by atoms with Crippen molar-refractivity contribution in [1.29, 1.82) is 0 Å². The number of methoxy groups -OCH3 is 1. The maximum Gasteiger partial charge on any atom is 0.0701 e. The molecule has 0 unspecified atom stereocenters. The van der Waals surface area contributed by atoms with Crippen molar-refractivity contribution in [2.75, 3.05) is 63.9 Å². The third-order valence-corrected chi connectivity index (χ3v) is 3.08.